The molecule has 0 spiro atoms. The maximum Gasteiger partial charge on any atom is 0.140 e. The highest BCUT2D eigenvalue weighted by Crippen LogP contribution is 2.13. The second kappa shape index (κ2) is 4.76. The second-order valence-electron chi connectivity index (χ2n) is 3.65. The van der Waals surface area contributed by atoms with Gasteiger partial charge in [0.15, 0.2) is 0 Å². The summed E-state index contributed by atoms with van der Waals surface area (Å²) in [5, 5.41) is 11.9. The van der Waals surface area contributed by atoms with Crippen molar-refractivity contribution < 1.29 is 4.74 Å². The van der Waals surface area contributed by atoms with E-state index in [9.17, 15) is 0 Å². The SMILES string of the molecule is N#Cc1ccc(NCC2CCOC2)cn1. The van der Waals surface area contributed by atoms with Gasteiger partial charge in [-0.2, -0.15) is 5.26 Å². The molecule has 4 nitrogen and oxygen atoms in total. The number of hydrogen-bond donors (Lipinski definition) is 1. The van der Waals surface area contributed by atoms with Crippen molar-refractivity contribution in [2.45, 2.75) is 6.42 Å². The first-order chi connectivity index (χ1) is 7.38. The summed E-state index contributed by atoms with van der Waals surface area (Å²) in [5.74, 6) is 0.598. The van der Waals surface area contributed by atoms with E-state index in [2.05, 4.69) is 10.3 Å². The van der Waals surface area contributed by atoms with E-state index in [1.807, 2.05) is 12.1 Å². The number of pyridine rings is 1. The van der Waals surface area contributed by atoms with Gasteiger partial charge in [0.2, 0.25) is 0 Å². The smallest absolute Gasteiger partial charge is 0.140 e. The van der Waals surface area contributed by atoms with E-state index in [1.165, 1.54) is 0 Å². The van der Waals surface area contributed by atoms with Crippen LogP contribution in [0.3, 0.4) is 0 Å². The molecule has 1 fully saturated rings. The van der Waals surface area contributed by atoms with Crippen molar-refractivity contribution in [1.82, 2.24) is 4.98 Å². The van der Waals surface area contributed by atoms with Gasteiger partial charge in [-0.15, -0.1) is 0 Å². The van der Waals surface area contributed by atoms with Crippen molar-refractivity contribution in [3.8, 4) is 6.07 Å². The van der Waals surface area contributed by atoms with Crippen molar-refractivity contribution in [2.75, 3.05) is 25.1 Å². The van der Waals surface area contributed by atoms with Crippen LogP contribution in [0.2, 0.25) is 0 Å². The summed E-state index contributed by atoms with van der Waals surface area (Å²) < 4.78 is 5.28. The van der Waals surface area contributed by atoms with Crippen LogP contribution >= 0.6 is 0 Å². The molecule has 1 unspecified atom stereocenters. The molecule has 1 atom stereocenters. The Morgan fingerprint density at radius 3 is 3.13 bits per heavy atom. The summed E-state index contributed by atoms with van der Waals surface area (Å²) >= 11 is 0. The second-order valence-corrected chi connectivity index (χ2v) is 3.65. The number of nitriles is 1. The maximum atomic E-state index is 8.58. The number of aromatic nitrogens is 1. The molecule has 0 radical (unpaired) electrons. The Hall–Kier alpha value is -1.60. The summed E-state index contributed by atoms with van der Waals surface area (Å²) in [6.45, 7) is 2.63. The zero-order valence-corrected chi connectivity index (χ0v) is 8.44. The minimum atomic E-state index is 0.449. The third-order valence-electron chi connectivity index (χ3n) is 2.50. The molecule has 1 saturated heterocycles. The van der Waals surface area contributed by atoms with E-state index in [0.29, 0.717) is 11.6 Å². The molecule has 0 amide bonds. The molecule has 1 N–H and O–H groups in total. The van der Waals surface area contributed by atoms with Gasteiger partial charge in [0.05, 0.1) is 18.5 Å². The Kier molecular flexibility index (Phi) is 3.15. The molecule has 1 aliphatic heterocycles. The quantitative estimate of drug-likeness (QED) is 0.806. The number of hydrogen-bond acceptors (Lipinski definition) is 4. The lowest BCUT2D eigenvalue weighted by atomic mass is 10.1. The molecule has 78 valence electrons. The largest absolute Gasteiger partial charge is 0.383 e. The van der Waals surface area contributed by atoms with E-state index in [1.54, 1.807) is 12.3 Å². The van der Waals surface area contributed by atoms with E-state index in [-0.39, 0.29) is 0 Å². The predicted molar refractivity (Wildman–Crippen MR) is 56.4 cm³/mol. The van der Waals surface area contributed by atoms with Gasteiger partial charge in [-0.3, -0.25) is 0 Å². The third kappa shape index (κ3) is 2.67. The number of ether oxygens (including phenoxy) is 1. The Morgan fingerprint density at radius 1 is 1.60 bits per heavy atom. The minimum Gasteiger partial charge on any atom is -0.383 e. The number of anilines is 1. The first kappa shape index (κ1) is 9.94. The third-order valence-corrected chi connectivity index (χ3v) is 2.50. The monoisotopic (exact) mass is 203 g/mol. The van der Waals surface area contributed by atoms with Gasteiger partial charge in [0.1, 0.15) is 11.8 Å². The lowest BCUT2D eigenvalue weighted by Crippen LogP contribution is -2.14. The summed E-state index contributed by atoms with van der Waals surface area (Å²) in [7, 11) is 0. The average Bonchev–Trinajstić information content (AvgIpc) is 2.80. The highest BCUT2D eigenvalue weighted by Gasteiger charge is 2.14. The summed E-state index contributed by atoms with van der Waals surface area (Å²) in [6.07, 6.45) is 2.81. The van der Waals surface area contributed by atoms with Gasteiger partial charge >= 0.3 is 0 Å². The van der Waals surface area contributed by atoms with E-state index < -0.39 is 0 Å². The van der Waals surface area contributed by atoms with Crippen LogP contribution in [0.5, 0.6) is 0 Å². The van der Waals surface area contributed by atoms with Crippen molar-refractivity contribution in [3.05, 3.63) is 24.0 Å². The van der Waals surface area contributed by atoms with Gasteiger partial charge in [0, 0.05) is 19.1 Å². The Bertz CT molecular complexity index is 349. The fourth-order valence-electron chi connectivity index (χ4n) is 1.57. The molecule has 2 heterocycles. The molecule has 0 aromatic carbocycles. The Morgan fingerprint density at radius 2 is 2.53 bits per heavy atom. The fourth-order valence-corrected chi connectivity index (χ4v) is 1.57. The van der Waals surface area contributed by atoms with E-state index in [4.69, 9.17) is 10.00 Å². The first-order valence-corrected chi connectivity index (χ1v) is 5.06. The molecule has 0 saturated carbocycles. The Labute approximate surface area is 88.9 Å². The highest BCUT2D eigenvalue weighted by molar-refractivity contribution is 5.42. The minimum absolute atomic E-state index is 0.449. The van der Waals surface area contributed by atoms with Crippen LogP contribution in [0.25, 0.3) is 0 Å². The molecule has 0 bridgehead atoms. The van der Waals surface area contributed by atoms with Crippen molar-refractivity contribution in [2.24, 2.45) is 5.92 Å². The molecule has 1 aromatic heterocycles. The van der Waals surface area contributed by atoms with Crippen LogP contribution in [-0.2, 0) is 4.74 Å². The normalized spacial score (nSPS) is 19.8. The van der Waals surface area contributed by atoms with Gasteiger partial charge in [-0.05, 0) is 18.6 Å². The van der Waals surface area contributed by atoms with Gasteiger partial charge in [-0.25, -0.2) is 4.98 Å². The molecular formula is C11H13N3O. The molecule has 15 heavy (non-hydrogen) atoms. The Balaban J connectivity index is 1.85. The predicted octanol–water partition coefficient (Wildman–Crippen LogP) is 1.40. The maximum absolute atomic E-state index is 8.58. The lowest BCUT2D eigenvalue weighted by Gasteiger charge is -2.09. The zero-order valence-electron chi connectivity index (χ0n) is 8.44. The van der Waals surface area contributed by atoms with E-state index >= 15 is 0 Å². The van der Waals surface area contributed by atoms with Gasteiger partial charge < -0.3 is 10.1 Å². The van der Waals surface area contributed by atoms with Crippen LogP contribution in [0.1, 0.15) is 12.1 Å². The topological polar surface area (TPSA) is 57.9 Å². The van der Waals surface area contributed by atoms with Gasteiger partial charge in [0.25, 0.3) is 0 Å². The molecular weight excluding hydrogens is 190 g/mol. The number of nitrogens with one attached hydrogen (secondary N) is 1. The summed E-state index contributed by atoms with van der Waals surface area (Å²) in [5.41, 5.74) is 1.41. The van der Waals surface area contributed by atoms with Crippen LogP contribution in [-0.4, -0.2) is 24.7 Å². The average molecular weight is 203 g/mol. The summed E-state index contributed by atoms with van der Waals surface area (Å²) in [4.78, 5) is 3.99. The van der Waals surface area contributed by atoms with Crippen LogP contribution in [0.15, 0.2) is 18.3 Å². The van der Waals surface area contributed by atoms with Crippen LogP contribution < -0.4 is 5.32 Å². The lowest BCUT2D eigenvalue weighted by molar-refractivity contribution is 0.187. The molecule has 0 aliphatic carbocycles. The van der Waals surface area contributed by atoms with Crippen molar-refractivity contribution >= 4 is 5.69 Å². The highest BCUT2D eigenvalue weighted by atomic mass is 16.5. The fraction of sp³-hybridized carbons (Fsp3) is 0.455. The molecule has 1 aliphatic rings. The molecule has 4 heteroatoms. The standard InChI is InChI=1S/C11H13N3O/c12-5-10-1-2-11(7-14-10)13-6-9-3-4-15-8-9/h1-2,7,9,13H,3-4,6,8H2. The first-order valence-electron chi connectivity index (χ1n) is 5.06. The molecule has 1 aromatic rings. The van der Waals surface area contributed by atoms with Crippen molar-refractivity contribution in [3.63, 3.8) is 0 Å². The van der Waals surface area contributed by atoms with Crippen LogP contribution in [0.4, 0.5) is 5.69 Å². The van der Waals surface area contributed by atoms with E-state index in [0.717, 1.165) is 31.9 Å². The van der Waals surface area contributed by atoms with Gasteiger partial charge in [-0.1, -0.05) is 0 Å². The number of nitrogens with zero attached hydrogens (tertiary/aromatic N) is 2. The zero-order chi connectivity index (χ0) is 10.5. The molecule has 2 rings (SSSR count). The summed E-state index contributed by atoms with van der Waals surface area (Å²) in [6, 6.07) is 5.58. The van der Waals surface area contributed by atoms with Crippen LogP contribution in [0, 0.1) is 17.2 Å². The van der Waals surface area contributed by atoms with Crippen molar-refractivity contribution in [1.29, 1.82) is 5.26 Å². The number of rotatable bonds is 3.